The van der Waals surface area contributed by atoms with Crippen LogP contribution in [0.15, 0.2) is 42.1 Å². The number of ether oxygens (including phenoxy) is 1. The molecule has 3 nitrogen and oxygen atoms in total. The van der Waals surface area contributed by atoms with E-state index in [0.717, 1.165) is 28.9 Å². The van der Waals surface area contributed by atoms with Gasteiger partial charge in [0.15, 0.2) is 0 Å². The minimum Gasteiger partial charge on any atom is -0.487 e. The van der Waals surface area contributed by atoms with Crippen molar-refractivity contribution in [3.63, 3.8) is 0 Å². The van der Waals surface area contributed by atoms with Gasteiger partial charge in [-0.3, -0.25) is 4.98 Å². The van der Waals surface area contributed by atoms with Gasteiger partial charge in [-0.15, -0.1) is 0 Å². The van der Waals surface area contributed by atoms with Gasteiger partial charge in [0, 0.05) is 40.1 Å². The van der Waals surface area contributed by atoms with Crippen LogP contribution in [-0.4, -0.2) is 9.55 Å². The minimum atomic E-state index is 0.376. The second-order valence-corrected chi connectivity index (χ2v) is 7.48. The normalized spacial score (nSPS) is 11.0. The Hall–Kier alpha value is -1.97. The summed E-state index contributed by atoms with van der Waals surface area (Å²) in [4.78, 5) is 4.57. The monoisotopic (exact) mass is 388 g/mol. The van der Waals surface area contributed by atoms with E-state index in [0.29, 0.717) is 16.7 Å². The summed E-state index contributed by atoms with van der Waals surface area (Å²) < 4.78 is 8.39. The summed E-state index contributed by atoms with van der Waals surface area (Å²) in [7, 11) is 0. The van der Waals surface area contributed by atoms with Crippen LogP contribution in [0.3, 0.4) is 0 Å². The summed E-state index contributed by atoms with van der Waals surface area (Å²) in [6.07, 6.45) is 4.00. The van der Waals surface area contributed by atoms with Crippen LogP contribution in [0.2, 0.25) is 10.0 Å². The van der Waals surface area contributed by atoms with E-state index in [4.69, 9.17) is 27.9 Å². The van der Waals surface area contributed by atoms with E-state index in [-0.39, 0.29) is 0 Å². The molecule has 0 aliphatic heterocycles. The zero-order valence-electron chi connectivity index (χ0n) is 15.4. The number of hydrogen-bond acceptors (Lipinski definition) is 2. The van der Waals surface area contributed by atoms with Crippen LogP contribution in [0, 0.1) is 13.8 Å². The van der Waals surface area contributed by atoms with Gasteiger partial charge in [0.25, 0.3) is 0 Å². The predicted octanol–water partition coefficient (Wildman–Crippen LogP) is 6.51. The van der Waals surface area contributed by atoms with Gasteiger partial charge in [-0.1, -0.05) is 40.9 Å². The number of halogens is 2. The van der Waals surface area contributed by atoms with Crippen molar-refractivity contribution < 1.29 is 4.74 Å². The number of aryl methyl sites for hydroxylation is 1. The van der Waals surface area contributed by atoms with Crippen molar-refractivity contribution in [1.82, 2.24) is 9.55 Å². The summed E-state index contributed by atoms with van der Waals surface area (Å²) in [6.45, 7) is 9.60. The summed E-state index contributed by atoms with van der Waals surface area (Å²) in [6, 6.07) is 7.35. The molecule has 3 aromatic rings. The summed E-state index contributed by atoms with van der Waals surface area (Å²) in [5, 5.41) is 1.22. The number of benzene rings is 1. The average Bonchev–Trinajstić information content (AvgIpc) is 2.84. The quantitative estimate of drug-likeness (QED) is 0.466. The molecule has 1 aromatic carbocycles. The Morgan fingerprint density at radius 3 is 2.65 bits per heavy atom. The predicted molar refractivity (Wildman–Crippen MR) is 109 cm³/mol. The zero-order valence-corrected chi connectivity index (χ0v) is 16.9. The highest BCUT2D eigenvalue weighted by Gasteiger charge is 2.16. The molecule has 26 heavy (non-hydrogen) atoms. The van der Waals surface area contributed by atoms with E-state index in [1.54, 1.807) is 12.3 Å². The van der Waals surface area contributed by atoms with Crippen molar-refractivity contribution >= 4 is 34.2 Å². The molecule has 0 fully saturated rings. The third kappa shape index (κ3) is 3.74. The van der Waals surface area contributed by atoms with Crippen LogP contribution in [-0.2, 0) is 13.2 Å². The molecule has 0 saturated heterocycles. The first-order valence-corrected chi connectivity index (χ1v) is 9.28. The maximum Gasteiger partial charge on any atom is 0.147 e. The molecular formula is C21H22Cl2N2O. The highest BCUT2D eigenvalue weighted by Crippen LogP contribution is 2.32. The van der Waals surface area contributed by atoms with Gasteiger partial charge in [0.2, 0.25) is 0 Å². The van der Waals surface area contributed by atoms with Crippen molar-refractivity contribution in [2.24, 2.45) is 0 Å². The van der Waals surface area contributed by atoms with Gasteiger partial charge in [0.1, 0.15) is 17.9 Å². The largest absolute Gasteiger partial charge is 0.487 e. The molecule has 136 valence electrons. The Bertz CT molecular complexity index is 985. The van der Waals surface area contributed by atoms with Gasteiger partial charge in [-0.2, -0.15) is 0 Å². The van der Waals surface area contributed by atoms with Gasteiger partial charge >= 0.3 is 0 Å². The number of aromatic nitrogens is 2. The third-order valence-corrected chi connectivity index (χ3v) is 5.13. The molecule has 2 heterocycles. The fourth-order valence-electron chi connectivity index (χ4n) is 2.93. The van der Waals surface area contributed by atoms with E-state index in [9.17, 15) is 0 Å². The molecule has 0 amide bonds. The molecule has 0 unspecified atom stereocenters. The SMILES string of the molecule is CC(C)=CCn1c(C)c(C)c2nccc(OCc3ccc(Cl)cc3Cl)c21. The Morgan fingerprint density at radius 2 is 1.96 bits per heavy atom. The first-order chi connectivity index (χ1) is 12.4. The first-order valence-electron chi connectivity index (χ1n) is 8.53. The van der Waals surface area contributed by atoms with Gasteiger partial charge in [0.05, 0.1) is 5.52 Å². The average molecular weight is 389 g/mol. The molecular weight excluding hydrogens is 367 g/mol. The fraction of sp³-hybridized carbons (Fsp3) is 0.286. The number of rotatable bonds is 5. The number of fused-ring (bicyclic) bond motifs is 1. The maximum atomic E-state index is 6.27. The van der Waals surface area contributed by atoms with Crippen molar-refractivity contribution in [3.05, 3.63) is 69.0 Å². The summed E-state index contributed by atoms with van der Waals surface area (Å²) >= 11 is 12.2. The highest BCUT2D eigenvalue weighted by molar-refractivity contribution is 6.35. The Morgan fingerprint density at radius 1 is 1.19 bits per heavy atom. The minimum absolute atomic E-state index is 0.376. The van der Waals surface area contributed by atoms with E-state index >= 15 is 0 Å². The smallest absolute Gasteiger partial charge is 0.147 e. The lowest BCUT2D eigenvalue weighted by Crippen LogP contribution is -2.02. The van der Waals surface area contributed by atoms with Gasteiger partial charge in [-0.05, 0) is 45.4 Å². The third-order valence-electron chi connectivity index (χ3n) is 4.54. The second kappa shape index (κ2) is 7.73. The van der Waals surface area contributed by atoms with E-state index in [1.807, 2.05) is 18.2 Å². The van der Waals surface area contributed by atoms with Crippen LogP contribution in [0.1, 0.15) is 30.7 Å². The van der Waals surface area contributed by atoms with Crippen molar-refractivity contribution in [2.45, 2.75) is 40.8 Å². The van der Waals surface area contributed by atoms with Crippen LogP contribution in [0.25, 0.3) is 11.0 Å². The molecule has 5 heteroatoms. The zero-order chi connectivity index (χ0) is 18.8. The van der Waals surface area contributed by atoms with Crippen molar-refractivity contribution in [3.8, 4) is 5.75 Å². The highest BCUT2D eigenvalue weighted by atomic mass is 35.5. The molecule has 0 saturated carbocycles. The molecule has 0 aliphatic carbocycles. The number of nitrogens with zero attached hydrogens (tertiary/aromatic N) is 2. The van der Waals surface area contributed by atoms with Crippen LogP contribution in [0.5, 0.6) is 5.75 Å². The van der Waals surface area contributed by atoms with Crippen LogP contribution >= 0.6 is 23.2 Å². The molecule has 3 rings (SSSR count). The molecule has 0 radical (unpaired) electrons. The number of pyridine rings is 1. The molecule has 0 N–H and O–H groups in total. The fourth-order valence-corrected chi connectivity index (χ4v) is 3.39. The summed E-state index contributed by atoms with van der Waals surface area (Å²) in [5.74, 6) is 0.805. The van der Waals surface area contributed by atoms with Crippen LogP contribution in [0.4, 0.5) is 0 Å². The van der Waals surface area contributed by atoms with Gasteiger partial charge in [-0.25, -0.2) is 0 Å². The molecule has 0 spiro atoms. The van der Waals surface area contributed by atoms with E-state index in [1.165, 1.54) is 16.8 Å². The van der Waals surface area contributed by atoms with Crippen molar-refractivity contribution in [1.29, 1.82) is 0 Å². The lowest BCUT2D eigenvalue weighted by Gasteiger charge is -2.12. The summed E-state index contributed by atoms with van der Waals surface area (Å²) in [5.41, 5.74) is 6.55. The Labute approximate surface area is 164 Å². The standard InChI is InChI=1S/C21H22Cl2N2O/c1-13(2)8-10-25-15(4)14(3)20-21(25)19(7-9-24-20)26-12-16-5-6-17(22)11-18(16)23/h5-9,11H,10,12H2,1-4H3. The van der Waals surface area contributed by atoms with Crippen LogP contribution < -0.4 is 4.74 Å². The lowest BCUT2D eigenvalue weighted by atomic mass is 10.2. The molecule has 2 aromatic heterocycles. The number of hydrogen-bond donors (Lipinski definition) is 0. The first kappa shape index (κ1) is 18.8. The van der Waals surface area contributed by atoms with E-state index in [2.05, 4.69) is 43.3 Å². The molecule has 0 atom stereocenters. The molecule has 0 bridgehead atoms. The maximum absolute atomic E-state index is 6.27. The Balaban J connectivity index is 2.00. The molecule has 0 aliphatic rings. The van der Waals surface area contributed by atoms with E-state index < -0.39 is 0 Å². The Kier molecular flexibility index (Phi) is 5.59. The van der Waals surface area contributed by atoms with Gasteiger partial charge < -0.3 is 9.30 Å². The topological polar surface area (TPSA) is 27.1 Å². The van der Waals surface area contributed by atoms with Crippen molar-refractivity contribution in [2.75, 3.05) is 0 Å². The lowest BCUT2D eigenvalue weighted by molar-refractivity contribution is 0.308. The second-order valence-electron chi connectivity index (χ2n) is 6.63. The number of allylic oxidation sites excluding steroid dienone is 2.